The minimum absolute atomic E-state index is 0.0125. The Morgan fingerprint density at radius 2 is 1.92 bits per heavy atom. The van der Waals surface area contributed by atoms with Gasteiger partial charge in [0.2, 0.25) is 5.56 Å². The van der Waals surface area contributed by atoms with Crippen molar-refractivity contribution in [2.24, 2.45) is 5.41 Å². The monoisotopic (exact) mass is 340 g/mol. The highest BCUT2D eigenvalue weighted by Gasteiger charge is 2.34. The standard InChI is InChI=1S/C17H19F3N2O2/c1-16(2,3)9-22-4-5-24-14-8-12-10(6-13(14)22)11(17(18,19)20)7-15(23)21-12/h6-8H,4-5,9H2,1-3H3,(H,21,23). The molecule has 2 aromatic rings. The Bertz CT molecular complexity index is 835. The Morgan fingerprint density at radius 3 is 2.54 bits per heavy atom. The zero-order valence-electron chi connectivity index (χ0n) is 13.8. The third-order valence-corrected chi connectivity index (χ3v) is 3.85. The first-order chi connectivity index (χ1) is 11.0. The maximum atomic E-state index is 13.3. The number of pyridine rings is 1. The predicted molar refractivity (Wildman–Crippen MR) is 86.7 cm³/mol. The number of fused-ring (bicyclic) bond motifs is 2. The van der Waals surface area contributed by atoms with E-state index in [2.05, 4.69) is 25.8 Å². The van der Waals surface area contributed by atoms with Crippen molar-refractivity contribution >= 4 is 16.6 Å². The number of nitrogens with zero attached hydrogens (tertiary/aromatic N) is 1. The van der Waals surface area contributed by atoms with Gasteiger partial charge in [0.05, 0.1) is 23.3 Å². The minimum atomic E-state index is -4.59. The maximum Gasteiger partial charge on any atom is 0.417 e. The van der Waals surface area contributed by atoms with E-state index >= 15 is 0 Å². The van der Waals surface area contributed by atoms with Gasteiger partial charge in [-0.15, -0.1) is 0 Å². The third-order valence-electron chi connectivity index (χ3n) is 3.85. The SMILES string of the molecule is CC(C)(C)CN1CCOc2cc3[nH]c(=O)cc(C(F)(F)F)c3cc21. The molecule has 0 atom stereocenters. The van der Waals surface area contributed by atoms with E-state index in [9.17, 15) is 18.0 Å². The summed E-state index contributed by atoms with van der Waals surface area (Å²) in [5.74, 6) is 0.493. The molecule has 130 valence electrons. The zero-order valence-corrected chi connectivity index (χ0v) is 13.8. The van der Waals surface area contributed by atoms with Crippen LogP contribution in [-0.4, -0.2) is 24.7 Å². The summed E-state index contributed by atoms with van der Waals surface area (Å²) in [6.45, 7) is 7.98. The summed E-state index contributed by atoms with van der Waals surface area (Å²) in [6.07, 6.45) is -4.59. The molecular weight excluding hydrogens is 321 g/mol. The van der Waals surface area contributed by atoms with Crippen molar-refractivity contribution in [3.63, 3.8) is 0 Å². The molecule has 0 radical (unpaired) electrons. The van der Waals surface area contributed by atoms with Gasteiger partial charge in [0.15, 0.2) is 0 Å². The minimum Gasteiger partial charge on any atom is -0.489 e. The van der Waals surface area contributed by atoms with E-state index in [0.29, 0.717) is 37.2 Å². The summed E-state index contributed by atoms with van der Waals surface area (Å²) < 4.78 is 45.5. The van der Waals surface area contributed by atoms with Crippen molar-refractivity contribution in [3.05, 3.63) is 34.1 Å². The molecule has 1 N–H and O–H groups in total. The molecule has 7 heteroatoms. The lowest BCUT2D eigenvalue weighted by atomic mass is 9.95. The summed E-state index contributed by atoms with van der Waals surface area (Å²) in [7, 11) is 0. The number of rotatable bonds is 1. The fourth-order valence-electron chi connectivity index (χ4n) is 2.99. The van der Waals surface area contributed by atoms with Crippen LogP contribution in [0.15, 0.2) is 23.0 Å². The first kappa shape index (κ1) is 16.7. The molecule has 1 aliphatic rings. The average Bonchev–Trinajstić information content (AvgIpc) is 2.42. The number of hydrogen-bond donors (Lipinski definition) is 1. The second-order valence-electron chi connectivity index (χ2n) is 7.24. The number of halogens is 3. The van der Waals surface area contributed by atoms with Gasteiger partial charge in [0.1, 0.15) is 12.4 Å². The summed E-state index contributed by atoms with van der Waals surface area (Å²) >= 11 is 0. The molecule has 0 bridgehead atoms. The molecular formula is C17H19F3N2O2. The van der Waals surface area contributed by atoms with Crippen LogP contribution in [0, 0.1) is 5.41 Å². The van der Waals surface area contributed by atoms with E-state index < -0.39 is 17.3 Å². The van der Waals surface area contributed by atoms with E-state index in [4.69, 9.17) is 4.74 Å². The maximum absolute atomic E-state index is 13.3. The van der Waals surface area contributed by atoms with Crippen molar-refractivity contribution in [2.45, 2.75) is 26.9 Å². The Labute approximate surface area is 137 Å². The van der Waals surface area contributed by atoms with Crippen molar-refractivity contribution < 1.29 is 17.9 Å². The topological polar surface area (TPSA) is 45.3 Å². The van der Waals surface area contributed by atoms with Gasteiger partial charge in [-0.05, 0) is 11.5 Å². The summed E-state index contributed by atoms with van der Waals surface area (Å²) in [5.41, 5.74) is -0.962. The van der Waals surface area contributed by atoms with E-state index in [1.807, 2.05) is 4.90 Å². The molecule has 24 heavy (non-hydrogen) atoms. The zero-order chi connectivity index (χ0) is 17.7. The molecule has 2 heterocycles. The molecule has 0 amide bonds. The molecule has 3 rings (SSSR count). The van der Waals surface area contributed by atoms with Crippen molar-refractivity contribution in [1.82, 2.24) is 4.98 Å². The number of aromatic amines is 1. The van der Waals surface area contributed by atoms with Gasteiger partial charge in [-0.2, -0.15) is 13.2 Å². The molecule has 0 spiro atoms. The molecule has 1 aliphatic heterocycles. The number of ether oxygens (including phenoxy) is 1. The van der Waals surface area contributed by atoms with Crippen molar-refractivity contribution in [3.8, 4) is 5.75 Å². The lowest BCUT2D eigenvalue weighted by Gasteiger charge is -2.36. The Balaban J connectivity index is 2.22. The van der Waals surface area contributed by atoms with Crippen LogP contribution < -0.4 is 15.2 Å². The van der Waals surface area contributed by atoms with Crippen LogP contribution in [0.3, 0.4) is 0 Å². The molecule has 0 saturated heterocycles. The van der Waals surface area contributed by atoms with Crippen LogP contribution in [0.25, 0.3) is 10.9 Å². The Kier molecular flexibility index (Phi) is 3.77. The van der Waals surface area contributed by atoms with E-state index in [-0.39, 0.29) is 16.3 Å². The predicted octanol–water partition coefficient (Wildman–Crippen LogP) is 3.79. The van der Waals surface area contributed by atoms with E-state index in [1.54, 1.807) is 0 Å². The van der Waals surface area contributed by atoms with Gasteiger partial charge < -0.3 is 14.6 Å². The Morgan fingerprint density at radius 1 is 1.21 bits per heavy atom. The summed E-state index contributed by atoms with van der Waals surface area (Å²) in [6, 6.07) is 3.55. The van der Waals surface area contributed by atoms with Crippen LogP contribution in [0.2, 0.25) is 0 Å². The molecule has 1 aromatic carbocycles. The summed E-state index contributed by atoms with van der Waals surface area (Å²) in [5, 5.41) is -0.0229. The quantitative estimate of drug-likeness (QED) is 0.859. The second-order valence-corrected chi connectivity index (χ2v) is 7.24. The number of benzene rings is 1. The lowest BCUT2D eigenvalue weighted by molar-refractivity contribution is -0.136. The van der Waals surface area contributed by atoms with Crippen LogP contribution in [0.4, 0.5) is 18.9 Å². The molecule has 0 aliphatic carbocycles. The third kappa shape index (κ3) is 3.20. The molecule has 1 aromatic heterocycles. The molecule has 4 nitrogen and oxygen atoms in total. The molecule has 0 saturated carbocycles. The first-order valence-electron chi connectivity index (χ1n) is 7.71. The van der Waals surface area contributed by atoms with Crippen LogP contribution in [0.5, 0.6) is 5.75 Å². The van der Waals surface area contributed by atoms with E-state index in [1.165, 1.54) is 12.1 Å². The normalized spacial score (nSPS) is 15.3. The van der Waals surface area contributed by atoms with E-state index in [0.717, 1.165) is 0 Å². The van der Waals surface area contributed by atoms with Crippen molar-refractivity contribution in [1.29, 1.82) is 0 Å². The number of alkyl halides is 3. The van der Waals surface area contributed by atoms with Gasteiger partial charge in [0.25, 0.3) is 0 Å². The largest absolute Gasteiger partial charge is 0.489 e. The Hall–Kier alpha value is -2.18. The van der Waals surface area contributed by atoms with Gasteiger partial charge in [-0.25, -0.2) is 0 Å². The highest BCUT2D eigenvalue weighted by atomic mass is 19.4. The first-order valence-corrected chi connectivity index (χ1v) is 7.71. The highest BCUT2D eigenvalue weighted by Crippen LogP contribution is 2.40. The summed E-state index contributed by atoms with van der Waals surface area (Å²) in [4.78, 5) is 16.1. The average molecular weight is 340 g/mol. The number of H-pyrrole nitrogens is 1. The van der Waals surface area contributed by atoms with Gasteiger partial charge >= 0.3 is 6.18 Å². The highest BCUT2D eigenvalue weighted by molar-refractivity contribution is 5.89. The smallest absolute Gasteiger partial charge is 0.417 e. The van der Waals surface area contributed by atoms with Crippen LogP contribution >= 0.6 is 0 Å². The number of hydrogen-bond acceptors (Lipinski definition) is 3. The molecule has 0 unspecified atom stereocenters. The van der Waals surface area contributed by atoms with Gasteiger partial charge in [-0.1, -0.05) is 20.8 Å². The number of anilines is 1. The van der Waals surface area contributed by atoms with Gasteiger partial charge in [-0.3, -0.25) is 4.79 Å². The van der Waals surface area contributed by atoms with Gasteiger partial charge in [0, 0.05) is 24.1 Å². The van der Waals surface area contributed by atoms with Crippen LogP contribution in [0.1, 0.15) is 26.3 Å². The molecule has 0 fully saturated rings. The second kappa shape index (κ2) is 5.43. The number of nitrogens with one attached hydrogen (secondary N) is 1. The lowest BCUT2D eigenvalue weighted by Crippen LogP contribution is -2.38. The van der Waals surface area contributed by atoms with Crippen molar-refractivity contribution in [2.75, 3.05) is 24.6 Å². The fourth-order valence-corrected chi connectivity index (χ4v) is 2.99. The fraction of sp³-hybridized carbons (Fsp3) is 0.471. The number of aromatic nitrogens is 1. The van der Waals surface area contributed by atoms with Crippen LogP contribution in [-0.2, 0) is 6.18 Å².